The van der Waals surface area contributed by atoms with Crippen LogP contribution in [0.25, 0.3) is 0 Å². The molecule has 0 saturated heterocycles. The van der Waals surface area contributed by atoms with Gasteiger partial charge in [-0.1, -0.05) is 12.1 Å². The quantitative estimate of drug-likeness (QED) is 0.844. The van der Waals surface area contributed by atoms with Gasteiger partial charge in [0.2, 0.25) is 5.91 Å². The zero-order valence-electron chi connectivity index (χ0n) is 14.8. The van der Waals surface area contributed by atoms with Gasteiger partial charge in [-0.2, -0.15) is 0 Å². The molecule has 2 rings (SSSR count). The number of anilines is 2. The Morgan fingerprint density at radius 1 is 1.00 bits per heavy atom. The van der Waals surface area contributed by atoms with E-state index in [4.69, 9.17) is 9.47 Å². The lowest BCUT2D eigenvalue weighted by Crippen LogP contribution is -2.20. The van der Waals surface area contributed by atoms with Crippen molar-refractivity contribution in [2.75, 3.05) is 24.4 Å². The molecule has 2 aromatic carbocycles. The minimum absolute atomic E-state index is 0.105. The summed E-state index contributed by atoms with van der Waals surface area (Å²) in [4.78, 5) is 23.4. The largest absolute Gasteiger partial charge is 0.495 e. The third kappa shape index (κ3) is 5.24. The van der Waals surface area contributed by atoms with Gasteiger partial charge in [-0.05, 0) is 49.2 Å². The topological polar surface area (TPSA) is 76.7 Å². The van der Waals surface area contributed by atoms with Gasteiger partial charge in [-0.25, -0.2) is 0 Å². The van der Waals surface area contributed by atoms with Crippen molar-refractivity contribution in [1.29, 1.82) is 0 Å². The molecule has 6 nitrogen and oxygen atoms in total. The van der Waals surface area contributed by atoms with Gasteiger partial charge in [0.15, 0.2) is 6.61 Å². The molecular formula is C19H22N2O4. The van der Waals surface area contributed by atoms with Crippen molar-refractivity contribution >= 4 is 23.2 Å². The fourth-order valence-electron chi connectivity index (χ4n) is 2.28. The monoisotopic (exact) mass is 342 g/mol. The van der Waals surface area contributed by atoms with Gasteiger partial charge < -0.3 is 20.1 Å². The summed E-state index contributed by atoms with van der Waals surface area (Å²) in [5.41, 5.74) is 3.06. The molecule has 0 fully saturated rings. The van der Waals surface area contributed by atoms with Gasteiger partial charge in [-0.15, -0.1) is 0 Å². The number of aryl methyl sites for hydroxylation is 2. The highest BCUT2D eigenvalue weighted by molar-refractivity contribution is 5.95. The summed E-state index contributed by atoms with van der Waals surface area (Å²) in [6.45, 7) is 5.19. The van der Waals surface area contributed by atoms with Crippen LogP contribution in [0, 0.1) is 13.8 Å². The van der Waals surface area contributed by atoms with E-state index >= 15 is 0 Å². The van der Waals surface area contributed by atoms with Crippen LogP contribution in [0.5, 0.6) is 11.5 Å². The summed E-state index contributed by atoms with van der Waals surface area (Å²) in [5, 5.41) is 5.40. The van der Waals surface area contributed by atoms with Crippen LogP contribution in [0.2, 0.25) is 0 Å². The molecule has 0 unspecified atom stereocenters. The van der Waals surface area contributed by atoms with Gasteiger partial charge in [0.1, 0.15) is 11.5 Å². The first-order valence-corrected chi connectivity index (χ1v) is 7.84. The van der Waals surface area contributed by atoms with Crippen LogP contribution in [0.3, 0.4) is 0 Å². The van der Waals surface area contributed by atoms with Gasteiger partial charge in [0.25, 0.3) is 5.91 Å². The minimum Gasteiger partial charge on any atom is -0.495 e. The van der Waals surface area contributed by atoms with E-state index in [1.807, 2.05) is 32.0 Å². The molecule has 0 radical (unpaired) electrons. The number of carbonyl (C=O) groups is 2. The highest BCUT2D eigenvalue weighted by Gasteiger charge is 2.09. The Morgan fingerprint density at radius 2 is 1.76 bits per heavy atom. The smallest absolute Gasteiger partial charge is 0.262 e. The van der Waals surface area contributed by atoms with E-state index < -0.39 is 0 Å². The number of hydrogen-bond acceptors (Lipinski definition) is 4. The third-order valence-corrected chi connectivity index (χ3v) is 3.50. The number of nitrogens with one attached hydrogen (secondary N) is 2. The van der Waals surface area contributed by atoms with E-state index in [1.54, 1.807) is 18.2 Å². The maximum absolute atomic E-state index is 12.1. The predicted molar refractivity (Wildman–Crippen MR) is 97.3 cm³/mol. The zero-order chi connectivity index (χ0) is 18.4. The lowest BCUT2D eigenvalue weighted by atomic mass is 10.1. The van der Waals surface area contributed by atoms with Crippen LogP contribution < -0.4 is 20.1 Å². The molecule has 0 heterocycles. The molecule has 132 valence electrons. The lowest BCUT2D eigenvalue weighted by molar-refractivity contribution is -0.118. The molecule has 2 amide bonds. The van der Waals surface area contributed by atoms with Crippen LogP contribution in [0.4, 0.5) is 11.4 Å². The first-order valence-electron chi connectivity index (χ1n) is 7.84. The van der Waals surface area contributed by atoms with E-state index in [0.29, 0.717) is 22.9 Å². The summed E-state index contributed by atoms with van der Waals surface area (Å²) in [6.07, 6.45) is 0. The highest BCUT2D eigenvalue weighted by Crippen LogP contribution is 2.28. The average Bonchev–Trinajstić information content (AvgIpc) is 2.55. The molecule has 0 aliphatic rings. The van der Waals surface area contributed by atoms with Crippen molar-refractivity contribution in [2.45, 2.75) is 20.8 Å². The predicted octanol–water partition coefficient (Wildman–Crippen LogP) is 3.29. The van der Waals surface area contributed by atoms with E-state index in [0.717, 1.165) is 11.1 Å². The van der Waals surface area contributed by atoms with Crippen molar-refractivity contribution in [3.05, 3.63) is 47.5 Å². The van der Waals surface area contributed by atoms with Gasteiger partial charge in [0, 0.05) is 12.6 Å². The zero-order valence-corrected chi connectivity index (χ0v) is 14.8. The van der Waals surface area contributed by atoms with Gasteiger partial charge >= 0.3 is 0 Å². The standard InChI is InChI=1S/C19H22N2O4/c1-12-5-6-13(2)18(9-12)25-11-19(23)21-15-7-8-17(24-4)16(10-15)20-14(3)22/h5-10H,11H2,1-4H3,(H,20,22)(H,21,23). The van der Waals surface area contributed by atoms with E-state index in [2.05, 4.69) is 10.6 Å². The van der Waals surface area contributed by atoms with Crippen molar-refractivity contribution in [1.82, 2.24) is 0 Å². The molecular weight excluding hydrogens is 320 g/mol. The van der Waals surface area contributed by atoms with Gasteiger partial charge in [0.05, 0.1) is 12.8 Å². The Balaban J connectivity index is 2.02. The summed E-state index contributed by atoms with van der Waals surface area (Å²) >= 11 is 0. The molecule has 0 bridgehead atoms. The number of ether oxygens (including phenoxy) is 2. The summed E-state index contributed by atoms with van der Waals surface area (Å²) in [7, 11) is 1.51. The first-order chi connectivity index (χ1) is 11.9. The first kappa shape index (κ1) is 18.3. The highest BCUT2D eigenvalue weighted by atomic mass is 16.5. The van der Waals surface area contributed by atoms with Crippen molar-refractivity contribution in [2.24, 2.45) is 0 Å². The summed E-state index contributed by atoms with van der Waals surface area (Å²) in [5.74, 6) is 0.684. The molecule has 0 spiro atoms. The van der Waals surface area contributed by atoms with Crippen molar-refractivity contribution in [3.63, 3.8) is 0 Å². The number of amides is 2. The third-order valence-electron chi connectivity index (χ3n) is 3.50. The molecule has 0 aliphatic carbocycles. The lowest BCUT2D eigenvalue weighted by Gasteiger charge is -2.13. The van der Waals surface area contributed by atoms with Crippen LogP contribution in [-0.2, 0) is 9.59 Å². The van der Waals surface area contributed by atoms with Crippen molar-refractivity contribution in [3.8, 4) is 11.5 Å². The fourth-order valence-corrected chi connectivity index (χ4v) is 2.28. The molecule has 0 saturated carbocycles. The van der Waals surface area contributed by atoms with Crippen LogP contribution in [0.1, 0.15) is 18.1 Å². The number of methoxy groups -OCH3 is 1. The maximum atomic E-state index is 12.1. The Morgan fingerprint density at radius 3 is 2.44 bits per heavy atom. The second kappa shape index (κ2) is 8.19. The molecule has 2 N–H and O–H groups in total. The Kier molecular flexibility index (Phi) is 6.00. The SMILES string of the molecule is COc1ccc(NC(=O)COc2cc(C)ccc2C)cc1NC(C)=O. The molecule has 0 atom stereocenters. The number of benzene rings is 2. The molecule has 0 aromatic heterocycles. The number of rotatable bonds is 6. The van der Waals surface area contributed by atoms with Crippen molar-refractivity contribution < 1.29 is 19.1 Å². The molecule has 0 aliphatic heterocycles. The van der Waals surface area contributed by atoms with E-state index in [-0.39, 0.29) is 18.4 Å². The minimum atomic E-state index is -0.292. The fraction of sp³-hybridized carbons (Fsp3) is 0.263. The summed E-state index contributed by atoms with van der Waals surface area (Å²) < 4.78 is 10.8. The second-order valence-corrected chi connectivity index (χ2v) is 5.70. The van der Waals surface area contributed by atoms with E-state index in [1.165, 1.54) is 14.0 Å². The van der Waals surface area contributed by atoms with Crippen LogP contribution >= 0.6 is 0 Å². The number of carbonyl (C=O) groups excluding carboxylic acids is 2. The number of hydrogen-bond donors (Lipinski definition) is 2. The van der Waals surface area contributed by atoms with E-state index in [9.17, 15) is 9.59 Å². The molecule has 25 heavy (non-hydrogen) atoms. The maximum Gasteiger partial charge on any atom is 0.262 e. The Bertz CT molecular complexity index is 787. The second-order valence-electron chi connectivity index (χ2n) is 5.70. The van der Waals surface area contributed by atoms with Crippen LogP contribution in [-0.4, -0.2) is 25.5 Å². The summed E-state index contributed by atoms with van der Waals surface area (Å²) in [6, 6.07) is 10.8. The Labute approximate surface area is 147 Å². The Hall–Kier alpha value is -3.02. The van der Waals surface area contributed by atoms with Gasteiger partial charge in [-0.3, -0.25) is 9.59 Å². The normalized spacial score (nSPS) is 10.1. The average molecular weight is 342 g/mol. The molecule has 2 aromatic rings. The molecule has 6 heteroatoms. The van der Waals surface area contributed by atoms with Crippen LogP contribution in [0.15, 0.2) is 36.4 Å².